The van der Waals surface area contributed by atoms with Crippen LogP contribution in [0, 0.1) is 0 Å². The largest absolute Gasteiger partial charge is 0.314 e. The molecule has 0 amide bonds. The zero-order chi connectivity index (χ0) is 7.84. The first-order valence-electron chi connectivity index (χ1n) is 3.47. The highest BCUT2D eigenvalue weighted by molar-refractivity contribution is 9.10. The van der Waals surface area contributed by atoms with Crippen molar-refractivity contribution in [1.29, 1.82) is 0 Å². The lowest BCUT2D eigenvalue weighted by Gasteiger charge is -2.25. The number of hydrazine groups is 1. The van der Waals surface area contributed by atoms with Crippen molar-refractivity contribution in [3.63, 3.8) is 0 Å². The summed E-state index contributed by atoms with van der Waals surface area (Å²) in [6.07, 6.45) is 1.99. The SMILES string of the molecule is CN1NCCn2cc(Br)nc21. The second kappa shape index (κ2) is 2.49. The van der Waals surface area contributed by atoms with Crippen molar-refractivity contribution in [3.8, 4) is 0 Å². The van der Waals surface area contributed by atoms with Crippen LogP contribution in [0.4, 0.5) is 5.95 Å². The standard InChI is InChI=1S/C6H9BrN4/c1-10-6-9-5(7)4-11(6)3-2-8-10/h4,8H,2-3H2,1H3. The normalized spacial score (nSPS) is 16.7. The average molecular weight is 217 g/mol. The first-order valence-corrected chi connectivity index (χ1v) is 4.26. The average Bonchev–Trinajstić information content (AvgIpc) is 2.31. The van der Waals surface area contributed by atoms with Crippen LogP contribution in [0.1, 0.15) is 0 Å². The minimum atomic E-state index is 0.892. The summed E-state index contributed by atoms with van der Waals surface area (Å²) in [6.45, 7) is 1.95. The molecule has 1 aromatic rings. The fourth-order valence-corrected chi connectivity index (χ4v) is 1.62. The Hall–Kier alpha value is -0.550. The van der Waals surface area contributed by atoms with E-state index in [0.29, 0.717) is 0 Å². The second-order valence-corrected chi connectivity index (χ2v) is 3.34. The summed E-state index contributed by atoms with van der Waals surface area (Å²) in [4.78, 5) is 4.28. The van der Waals surface area contributed by atoms with Gasteiger partial charge in [-0.15, -0.1) is 0 Å². The molecular formula is C6H9BrN4. The molecule has 2 heterocycles. The minimum Gasteiger partial charge on any atom is -0.314 e. The van der Waals surface area contributed by atoms with Crippen molar-refractivity contribution < 1.29 is 0 Å². The molecule has 0 aliphatic carbocycles. The predicted molar refractivity (Wildman–Crippen MR) is 46.3 cm³/mol. The van der Waals surface area contributed by atoms with Gasteiger partial charge in [0.2, 0.25) is 5.95 Å². The van der Waals surface area contributed by atoms with Gasteiger partial charge in [0.25, 0.3) is 0 Å². The number of nitrogens with zero attached hydrogens (tertiary/aromatic N) is 3. The van der Waals surface area contributed by atoms with Gasteiger partial charge in [-0.1, -0.05) is 0 Å². The van der Waals surface area contributed by atoms with Crippen molar-refractivity contribution in [2.45, 2.75) is 6.54 Å². The number of halogens is 1. The van der Waals surface area contributed by atoms with E-state index in [0.717, 1.165) is 23.6 Å². The maximum absolute atomic E-state index is 4.28. The van der Waals surface area contributed by atoms with E-state index < -0.39 is 0 Å². The number of imidazole rings is 1. The molecule has 60 valence electrons. The molecule has 0 saturated carbocycles. The van der Waals surface area contributed by atoms with Crippen molar-refractivity contribution in [2.75, 3.05) is 18.6 Å². The zero-order valence-electron chi connectivity index (χ0n) is 6.21. The Balaban J connectivity index is 2.43. The molecule has 0 spiro atoms. The van der Waals surface area contributed by atoms with Gasteiger partial charge in [0.1, 0.15) is 4.60 Å². The van der Waals surface area contributed by atoms with E-state index in [1.165, 1.54) is 0 Å². The summed E-state index contributed by atoms with van der Waals surface area (Å²) >= 11 is 3.33. The van der Waals surface area contributed by atoms with Crippen LogP contribution in [0.2, 0.25) is 0 Å². The zero-order valence-corrected chi connectivity index (χ0v) is 7.80. The topological polar surface area (TPSA) is 33.1 Å². The molecule has 0 radical (unpaired) electrons. The van der Waals surface area contributed by atoms with E-state index >= 15 is 0 Å². The number of hydrogen-bond donors (Lipinski definition) is 1. The van der Waals surface area contributed by atoms with Gasteiger partial charge in [0.15, 0.2) is 0 Å². The molecule has 2 rings (SSSR count). The van der Waals surface area contributed by atoms with E-state index in [-0.39, 0.29) is 0 Å². The van der Waals surface area contributed by atoms with Crippen molar-refractivity contribution in [2.24, 2.45) is 0 Å². The highest BCUT2D eigenvalue weighted by atomic mass is 79.9. The van der Waals surface area contributed by atoms with E-state index in [1.54, 1.807) is 0 Å². The van der Waals surface area contributed by atoms with Crippen LogP contribution in [0.15, 0.2) is 10.8 Å². The van der Waals surface area contributed by atoms with Crippen LogP contribution in [0.3, 0.4) is 0 Å². The molecule has 0 fully saturated rings. The minimum absolute atomic E-state index is 0.892. The van der Waals surface area contributed by atoms with Crippen molar-refractivity contribution in [3.05, 3.63) is 10.8 Å². The summed E-state index contributed by atoms with van der Waals surface area (Å²) in [7, 11) is 1.96. The molecule has 0 unspecified atom stereocenters. The highest BCUT2D eigenvalue weighted by Crippen LogP contribution is 2.17. The van der Waals surface area contributed by atoms with Crippen LogP contribution in [-0.2, 0) is 6.54 Å². The fourth-order valence-electron chi connectivity index (χ4n) is 1.22. The number of rotatable bonds is 0. The Labute approximate surface area is 73.3 Å². The molecule has 0 atom stereocenters. The van der Waals surface area contributed by atoms with Crippen LogP contribution in [-0.4, -0.2) is 23.1 Å². The monoisotopic (exact) mass is 216 g/mol. The third-order valence-electron chi connectivity index (χ3n) is 1.73. The van der Waals surface area contributed by atoms with E-state index in [1.807, 2.05) is 18.3 Å². The van der Waals surface area contributed by atoms with Gasteiger partial charge in [-0.3, -0.25) is 5.01 Å². The third-order valence-corrected chi connectivity index (χ3v) is 2.11. The number of nitrogens with one attached hydrogen (secondary N) is 1. The molecule has 11 heavy (non-hydrogen) atoms. The molecule has 0 aromatic carbocycles. The van der Waals surface area contributed by atoms with Crippen molar-refractivity contribution >= 4 is 21.9 Å². The summed E-state index contributed by atoms with van der Waals surface area (Å²) in [5.41, 5.74) is 3.18. The molecule has 1 aromatic heterocycles. The van der Waals surface area contributed by atoms with E-state index in [2.05, 4.69) is 30.9 Å². The predicted octanol–water partition coefficient (Wildman–Crippen LogP) is 0.600. The first-order chi connectivity index (χ1) is 5.27. The lowest BCUT2D eigenvalue weighted by molar-refractivity contribution is 0.525. The highest BCUT2D eigenvalue weighted by Gasteiger charge is 2.14. The summed E-state index contributed by atoms with van der Waals surface area (Å²) < 4.78 is 3.00. The number of anilines is 1. The first kappa shape index (κ1) is 7.12. The molecular weight excluding hydrogens is 208 g/mol. The molecule has 1 aliphatic rings. The van der Waals surface area contributed by atoms with Gasteiger partial charge in [0.05, 0.1) is 0 Å². The van der Waals surface area contributed by atoms with Gasteiger partial charge < -0.3 is 4.57 Å². The summed E-state index contributed by atoms with van der Waals surface area (Å²) in [5.74, 6) is 0.961. The smallest absolute Gasteiger partial charge is 0.221 e. The molecule has 1 aliphatic heterocycles. The second-order valence-electron chi connectivity index (χ2n) is 2.52. The van der Waals surface area contributed by atoms with Crippen LogP contribution in [0.25, 0.3) is 0 Å². The van der Waals surface area contributed by atoms with Crippen LogP contribution >= 0.6 is 15.9 Å². The van der Waals surface area contributed by atoms with Gasteiger partial charge in [-0.25, -0.2) is 10.4 Å². The molecule has 4 nitrogen and oxygen atoms in total. The van der Waals surface area contributed by atoms with E-state index in [4.69, 9.17) is 0 Å². The lowest BCUT2D eigenvalue weighted by atomic mass is 10.6. The summed E-state index contributed by atoms with van der Waals surface area (Å²) in [5, 5.41) is 1.92. The number of fused-ring (bicyclic) bond motifs is 1. The third kappa shape index (κ3) is 1.14. The molecule has 1 N–H and O–H groups in total. The maximum atomic E-state index is 4.28. The lowest BCUT2D eigenvalue weighted by Crippen LogP contribution is -2.42. The number of hydrogen-bond acceptors (Lipinski definition) is 3. The molecule has 0 saturated heterocycles. The Kier molecular flexibility index (Phi) is 1.61. The molecule has 0 bridgehead atoms. The van der Waals surface area contributed by atoms with Crippen LogP contribution in [0.5, 0.6) is 0 Å². The fraction of sp³-hybridized carbons (Fsp3) is 0.500. The molecule has 5 heteroatoms. The Morgan fingerprint density at radius 3 is 3.27 bits per heavy atom. The van der Waals surface area contributed by atoms with Gasteiger partial charge in [-0.2, -0.15) is 0 Å². The Morgan fingerprint density at radius 2 is 2.55 bits per heavy atom. The van der Waals surface area contributed by atoms with Gasteiger partial charge in [-0.05, 0) is 15.9 Å². The van der Waals surface area contributed by atoms with E-state index in [9.17, 15) is 0 Å². The Morgan fingerprint density at radius 1 is 1.73 bits per heavy atom. The maximum Gasteiger partial charge on any atom is 0.221 e. The Bertz CT molecular complexity index is 270. The summed E-state index contributed by atoms with van der Waals surface area (Å²) in [6, 6.07) is 0. The van der Waals surface area contributed by atoms with Crippen molar-refractivity contribution in [1.82, 2.24) is 15.0 Å². The van der Waals surface area contributed by atoms with Gasteiger partial charge in [0, 0.05) is 26.3 Å². The van der Waals surface area contributed by atoms with Gasteiger partial charge >= 0.3 is 0 Å². The number of aromatic nitrogens is 2. The quantitative estimate of drug-likeness (QED) is 0.690. The van der Waals surface area contributed by atoms with Crippen LogP contribution < -0.4 is 10.4 Å².